The number of carbonyl (C=O) groups excluding carboxylic acids is 1. The molecule has 0 aliphatic carbocycles. The third-order valence-corrected chi connectivity index (χ3v) is 2.35. The maximum atomic E-state index is 11.6. The first kappa shape index (κ1) is 14.2. The molecule has 1 amide bonds. The van der Waals surface area contributed by atoms with Gasteiger partial charge in [-0.15, -0.1) is 0 Å². The van der Waals surface area contributed by atoms with E-state index in [1.807, 2.05) is 13.8 Å². The molecular formula is C13H18N2O3. The van der Waals surface area contributed by atoms with Crippen molar-refractivity contribution in [3.05, 3.63) is 29.3 Å². The molecule has 18 heavy (non-hydrogen) atoms. The van der Waals surface area contributed by atoms with Crippen LogP contribution in [0, 0.1) is 6.92 Å². The Morgan fingerprint density at radius 2 is 2.00 bits per heavy atom. The molecule has 5 nitrogen and oxygen atoms in total. The Morgan fingerprint density at radius 3 is 2.56 bits per heavy atom. The predicted molar refractivity (Wildman–Crippen MR) is 69.9 cm³/mol. The number of carboxylic acids is 1. The number of nitrogens with one attached hydrogen (secondary N) is 2. The molecular weight excluding hydrogens is 232 g/mol. The summed E-state index contributed by atoms with van der Waals surface area (Å²) < 4.78 is 0. The van der Waals surface area contributed by atoms with E-state index in [2.05, 4.69) is 10.6 Å². The van der Waals surface area contributed by atoms with Gasteiger partial charge in [0.1, 0.15) is 0 Å². The standard InChI is InChI=1S/C13H18N2O3/c1-8(2)14-7-12(16)15-11-5-4-9(3)6-10(11)13(17)18/h4-6,8,14H,7H2,1-3H3,(H,15,16)(H,17,18). The topological polar surface area (TPSA) is 78.4 Å². The monoisotopic (exact) mass is 250 g/mol. The van der Waals surface area contributed by atoms with Crippen molar-refractivity contribution >= 4 is 17.6 Å². The summed E-state index contributed by atoms with van der Waals surface area (Å²) in [6.45, 7) is 5.83. The van der Waals surface area contributed by atoms with Crippen LogP contribution in [0.25, 0.3) is 0 Å². The maximum absolute atomic E-state index is 11.6. The SMILES string of the molecule is Cc1ccc(NC(=O)CNC(C)C)c(C(=O)O)c1. The molecule has 0 spiro atoms. The highest BCUT2D eigenvalue weighted by Gasteiger charge is 2.12. The van der Waals surface area contributed by atoms with Gasteiger partial charge in [0, 0.05) is 6.04 Å². The van der Waals surface area contributed by atoms with Crippen LogP contribution in [-0.2, 0) is 4.79 Å². The van der Waals surface area contributed by atoms with Crippen molar-refractivity contribution in [1.82, 2.24) is 5.32 Å². The fraction of sp³-hybridized carbons (Fsp3) is 0.385. The summed E-state index contributed by atoms with van der Waals surface area (Å²) in [6.07, 6.45) is 0. The largest absolute Gasteiger partial charge is 0.478 e. The van der Waals surface area contributed by atoms with Crippen molar-refractivity contribution in [2.24, 2.45) is 0 Å². The molecule has 0 aliphatic rings. The second-order valence-corrected chi connectivity index (χ2v) is 4.44. The predicted octanol–water partition coefficient (Wildman–Crippen LogP) is 1.63. The van der Waals surface area contributed by atoms with Crippen LogP contribution in [-0.4, -0.2) is 29.6 Å². The molecule has 1 aromatic rings. The molecule has 0 aliphatic heterocycles. The zero-order valence-electron chi connectivity index (χ0n) is 10.8. The van der Waals surface area contributed by atoms with Crippen LogP contribution >= 0.6 is 0 Å². The third kappa shape index (κ3) is 4.18. The van der Waals surface area contributed by atoms with Crippen molar-refractivity contribution in [3.8, 4) is 0 Å². The van der Waals surface area contributed by atoms with E-state index in [1.165, 1.54) is 6.07 Å². The van der Waals surface area contributed by atoms with Crippen LogP contribution in [0.2, 0.25) is 0 Å². The van der Waals surface area contributed by atoms with Gasteiger partial charge < -0.3 is 15.7 Å². The fourth-order valence-corrected chi connectivity index (χ4v) is 1.44. The van der Waals surface area contributed by atoms with Crippen LogP contribution in [0.4, 0.5) is 5.69 Å². The van der Waals surface area contributed by atoms with Crippen molar-refractivity contribution < 1.29 is 14.7 Å². The number of amides is 1. The van der Waals surface area contributed by atoms with E-state index in [9.17, 15) is 9.59 Å². The van der Waals surface area contributed by atoms with E-state index in [-0.39, 0.29) is 24.1 Å². The molecule has 0 radical (unpaired) electrons. The van der Waals surface area contributed by atoms with Gasteiger partial charge >= 0.3 is 5.97 Å². The normalized spacial score (nSPS) is 10.4. The van der Waals surface area contributed by atoms with E-state index in [0.717, 1.165) is 5.56 Å². The molecule has 0 aromatic heterocycles. The summed E-state index contributed by atoms with van der Waals surface area (Å²) in [5.41, 5.74) is 1.27. The van der Waals surface area contributed by atoms with Crippen LogP contribution < -0.4 is 10.6 Å². The lowest BCUT2D eigenvalue weighted by atomic mass is 10.1. The molecule has 0 unspecified atom stereocenters. The molecule has 98 valence electrons. The number of rotatable bonds is 5. The molecule has 0 saturated heterocycles. The Morgan fingerprint density at radius 1 is 1.33 bits per heavy atom. The number of hydrogen-bond donors (Lipinski definition) is 3. The molecule has 0 saturated carbocycles. The van der Waals surface area contributed by atoms with Crippen molar-refractivity contribution in [3.63, 3.8) is 0 Å². The summed E-state index contributed by atoms with van der Waals surface area (Å²) >= 11 is 0. The van der Waals surface area contributed by atoms with Gasteiger partial charge in [0.25, 0.3) is 0 Å². The molecule has 0 heterocycles. The van der Waals surface area contributed by atoms with Gasteiger partial charge in [0.05, 0.1) is 17.8 Å². The van der Waals surface area contributed by atoms with Crippen molar-refractivity contribution in [1.29, 1.82) is 0 Å². The van der Waals surface area contributed by atoms with Gasteiger partial charge in [0.2, 0.25) is 5.91 Å². The Balaban J connectivity index is 2.78. The Kier molecular flexibility index (Phi) is 4.85. The number of anilines is 1. The first-order valence-corrected chi connectivity index (χ1v) is 5.77. The van der Waals surface area contributed by atoms with Crippen LogP contribution in [0.1, 0.15) is 29.8 Å². The molecule has 0 bridgehead atoms. The van der Waals surface area contributed by atoms with Crippen LogP contribution in [0.5, 0.6) is 0 Å². The molecule has 0 atom stereocenters. The second kappa shape index (κ2) is 6.16. The van der Waals surface area contributed by atoms with E-state index in [0.29, 0.717) is 5.69 Å². The van der Waals surface area contributed by atoms with Gasteiger partial charge in [-0.1, -0.05) is 25.5 Å². The number of carboxylic acid groups (broad SMARTS) is 1. The van der Waals surface area contributed by atoms with E-state index < -0.39 is 5.97 Å². The molecule has 5 heteroatoms. The van der Waals surface area contributed by atoms with E-state index >= 15 is 0 Å². The third-order valence-electron chi connectivity index (χ3n) is 2.35. The van der Waals surface area contributed by atoms with Crippen LogP contribution in [0.15, 0.2) is 18.2 Å². The van der Waals surface area contributed by atoms with Gasteiger partial charge in [-0.25, -0.2) is 4.79 Å². The molecule has 1 aromatic carbocycles. The number of aromatic carboxylic acids is 1. The quantitative estimate of drug-likeness (QED) is 0.742. The van der Waals surface area contributed by atoms with Crippen LogP contribution in [0.3, 0.4) is 0 Å². The average Bonchev–Trinajstić information content (AvgIpc) is 2.28. The van der Waals surface area contributed by atoms with Crippen molar-refractivity contribution in [2.45, 2.75) is 26.8 Å². The Labute approximate surface area is 106 Å². The lowest BCUT2D eigenvalue weighted by Gasteiger charge is -2.11. The van der Waals surface area contributed by atoms with E-state index in [1.54, 1.807) is 19.1 Å². The maximum Gasteiger partial charge on any atom is 0.337 e. The van der Waals surface area contributed by atoms with Gasteiger partial charge in [0.15, 0.2) is 0 Å². The average molecular weight is 250 g/mol. The zero-order valence-corrected chi connectivity index (χ0v) is 10.8. The molecule has 3 N–H and O–H groups in total. The minimum Gasteiger partial charge on any atom is -0.478 e. The number of benzene rings is 1. The summed E-state index contributed by atoms with van der Waals surface area (Å²) in [6, 6.07) is 5.10. The minimum absolute atomic E-state index is 0.105. The molecule has 1 rings (SSSR count). The summed E-state index contributed by atoms with van der Waals surface area (Å²) in [4.78, 5) is 22.7. The zero-order chi connectivity index (χ0) is 13.7. The highest BCUT2D eigenvalue weighted by Crippen LogP contribution is 2.17. The highest BCUT2D eigenvalue weighted by molar-refractivity contribution is 6.01. The summed E-state index contributed by atoms with van der Waals surface area (Å²) in [5.74, 6) is -1.30. The first-order chi connectivity index (χ1) is 8.40. The molecule has 0 fully saturated rings. The van der Waals surface area contributed by atoms with Crippen molar-refractivity contribution in [2.75, 3.05) is 11.9 Å². The summed E-state index contributed by atoms with van der Waals surface area (Å²) in [7, 11) is 0. The number of hydrogen-bond acceptors (Lipinski definition) is 3. The van der Waals surface area contributed by atoms with Gasteiger partial charge in [-0.3, -0.25) is 4.79 Å². The number of aryl methyl sites for hydroxylation is 1. The van der Waals surface area contributed by atoms with Gasteiger partial charge in [-0.05, 0) is 19.1 Å². The first-order valence-electron chi connectivity index (χ1n) is 5.77. The van der Waals surface area contributed by atoms with E-state index in [4.69, 9.17) is 5.11 Å². The summed E-state index contributed by atoms with van der Waals surface area (Å²) in [5, 5.41) is 14.6. The lowest BCUT2D eigenvalue weighted by Crippen LogP contribution is -2.33. The highest BCUT2D eigenvalue weighted by atomic mass is 16.4. The van der Waals surface area contributed by atoms with Gasteiger partial charge in [-0.2, -0.15) is 0 Å². The number of carbonyl (C=O) groups is 2. The second-order valence-electron chi connectivity index (χ2n) is 4.44. The fourth-order valence-electron chi connectivity index (χ4n) is 1.44. The lowest BCUT2D eigenvalue weighted by molar-refractivity contribution is -0.115. The Bertz CT molecular complexity index is 456. The smallest absolute Gasteiger partial charge is 0.337 e. The minimum atomic E-state index is -1.05. The Hall–Kier alpha value is -1.88.